The van der Waals surface area contributed by atoms with Crippen LogP contribution in [0.2, 0.25) is 0 Å². The predicted octanol–water partition coefficient (Wildman–Crippen LogP) is 4.75. The Balaban J connectivity index is 2.28. The van der Waals surface area contributed by atoms with Crippen molar-refractivity contribution in [3.05, 3.63) is 52.1 Å². The molecule has 0 aliphatic heterocycles. The van der Waals surface area contributed by atoms with Gasteiger partial charge in [-0.15, -0.1) is 0 Å². The molecule has 20 heavy (non-hydrogen) atoms. The maximum Gasteiger partial charge on any atom is 0.233 e. The molecule has 0 aliphatic carbocycles. The normalized spacial score (nSPS) is 11.2. The fourth-order valence-corrected chi connectivity index (χ4v) is 2.17. The fraction of sp³-hybridized carbons (Fsp3) is 0.250. The standard InChI is InChI=1S/C16H16BrNO2/c1-16(2,3)12-5-4-6-13(8-12)20-15-14(17)7-11(10-19)9-18-15/h4-10H,1-3H3. The lowest BCUT2D eigenvalue weighted by Gasteiger charge is -2.19. The lowest BCUT2D eigenvalue weighted by molar-refractivity contribution is 0.112. The first kappa shape index (κ1) is 14.7. The Morgan fingerprint density at radius 2 is 2.00 bits per heavy atom. The van der Waals surface area contributed by atoms with E-state index in [4.69, 9.17) is 4.74 Å². The van der Waals surface area contributed by atoms with Crippen LogP contribution in [0.3, 0.4) is 0 Å². The number of carbonyl (C=O) groups is 1. The highest BCUT2D eigenvalue weighted by Gasteiger charge is 2.14. The first-order chi connectivity index (χ1) is 9.40. The molecule has 3 nitrogen and oxygen atoms in total. The summed E-state index contributed by atoms with van der Waals surface area (Å²) < 4.78 is 6.43. The molecule has 1 aromatic carbocycles. The van der Waals surface area contributed by atoms with Crippen LogP contribution in [0.4, 0.5) is 0 Å². The minimum absolute atomic E-state index is 0.0609. The van der Waals surface area contributed by atoms with Gasteiger partial charge in [-0.1, -0.05) is 32.9 Å². The summed E-state index contributed by atoms with van der Waals surface area (Å²) in [7, 11) is 0. The lowest BCUT2D eigenvalue weighted by atomic mass is 9.87. The maximum atomic E-state index is 10.7. The van der Waals surface area contributed by atoms with Crippen LogP contribution in [0.25, 0.3) is 0 Å². The van der Waals surface area contributed by atoms with Crippen LogP contribution in [0, 0.1) is 0 Å². The second-order valence-corrected chi connectivity index (χ2v) is 6.41. The van der Waals surface area contributed by atoms with Crippen LogP contribution in [-0.4, -0.2) is 11.3 Å². The lowest BCUT2D eigenvalue weighted by Crippen LogP contribution is -2.10. The molecule has 0 saturated heterocycles. The number of ether oxygens (including phenoxy) is 1. The summed E-state index contributed by atoms with van der Waals surface area (Å²) in [5.41, 5.74) is 1.76. The molecule has 0 bridgehead atoms. The number of aldehydes is 1. The number of rotatable bonds is 3. The van der Waals surface area contributed by atoms with Gasteiger partial charge in [-0.05, 0) is 45.1 Å². The van der Waals surface area contributed by atoms with Crippen molar-refractivity contribution in [1.29, 1.82) is 0 Å². The van der Waals surface area contributed by atoms with Crippen LogP contribution in [-0.2, 0) is 5.41 Å². The smallest absolute Gasteiger partial charge is 0.233 e. The molecule has 0 saturated carbocycles. The zero-order chi connectivity index (χ0) is 14.8. The van der Waals surface area contributed by atoms with E-state index in [1.165, 1.54) is 11.8 Å². The Kier molecular flexibility index (Phi) is 4.23. The van der Waals surface area contributed by atoms with E-state index in [9.17, 15) is 4.79 Å². The fourth-order valence-electron chi connectivity index (χ4n) is 1.72. The molecule has 0 aliphatic rings. The summed E-state index contributed by atoms with van der Waals surface area (Å²) in [5, 5.41) is 0. The SMILES string of the molecule is CC(C)(C)c1cccc(Oc2ncc(C=O)cc2Br)c1. The molecular weight excluding hydrogens is 318 g/mol. The summed E-state index contributed by atoms with van der Waals surface area (Å²) in [5.74, 6) is 1.17. The summed E-state index contributed by atoms with van der Waals surface area (Å²) in [6, 6.07) is 9.61. The average molecular weight is 334 g/mol. The van der Waals surface area contributed by atoms with E-state index in [1.54, 1.807) is 6.07 Å². The molecule has 0 atom stereocenters. The van der Waals surface area contributed by atoms with Gasteiger partial charge in [0.25, 0.3) is 0 Å². The van der Waals surface area contributed by atoms with Crippen molar-refractivity contribution in [3.8, 4) is 11.6 Å². The quantitative estimate of drug-likeness (QED) is 0.761. The topological polar surface area (TPSA) is 39.2 Å². The minimum Gasteiger partial charge on any atom is -0.438 e. The molecule has 2 rings (SSSR count). The van der Waals surface area contributed by atoms with Crippen LogP contribution >= 0.6 is 15.9 Å². The highest BCUT2D eigenvalue weighted by molar-refractivity contribution is 9.10. The van der Waals surface area contributed by atoms with Crippen molar-refractivity contribution in [2.75, 3.05) is 0 Å². The second-order valence-electron chi connectivity index (χ2n) is 5.55. The predicted molar refractivity (Wildman–Crippen MR) is 82.5 cm³/mol. The van der Waals surface area contributed by atoms with Gasteiger partial charge < -0.3 is 4.74 Å². The molecular formula is C16H16BrNO2. The number of pyridine rings is 1. The van der Waals surface area contributed by atoms with Crippen LogP contribution < -0.4 is 4.74 Å². The number of nitrogens with zero attached hydrogens (tertiary/aromatic N) is 1. The Bertz CT molecular complexity index is 633. The number of benzene rings is 1. The van der Waals surface area contributed by atoms with E-state index < -0.39 is 0 Å². The number of hydrogen-bond acceptors (Lipinski definition) is 3. The van der Waals surface area contributed by atoms with Gasteiger partial charge in [-0.3, -0.25) is 4.79 Å². The molecule has 0 fully saturated rings. The summed E-state index contributed by atoms with van der Waals surface area (Å²) >= 11 is 3.36. The van der Waals surface area contributed by atoms with E-state index in [0.29, 0.717) is 15.9 Å². The largest absolute Gasteiger partial charge is 0.438 e. The van der Waals surface area contributed by atoms with E-state index in [2.05, 4.69) is 47.8 Å². The molecule has 0 spiro atoms. The summed E-state index contributed by atoms with van der Waals surface area (Å²) in [4.78, 5) is 14.8. The van der Waals surface area contributed by atoms with Gasteiger partial charge in [0.2, 0.25) is 5.88 Å². The molecule has 2 aromatic rings. The Hall–Kier alpha value is -1.68. The molecule has 0 unspecified atom stereocenters. The molecule has 1 heterocycles. The number of halogens is 1. The van der Waals surface area contributed by atoms with Gasteiger partial charge in [-0.2, -0.15) is 0 Å². The number of hydrogen-bond donors (Lipinski definition) is 0. The number of aromatic nitrogens is 1. The van der Waals surface area contributed by atoms with Crippen LogP contribution in [0.15, 0.2) is 41.0 Å². The first-order valence-corrected chi connectivity index (χ1v) is 7.08. The van der Waals surface area contributed by atoms with Crippen molar-refractivity contribution in [2.45, 2.75) is 26.2 Å². The van der Waals surface area contributed by atoms with Gasteiger partial charge in [0.1, 0.15) is 5.75 Å². The number of carbonyl (C=O) groups excluding carboxylic acids is 1. The highest BCUT2D eigenvalue weighted by Crippen LogP contribution is 2.31. The van der Waals surface area contributed by atoms with Gasteiger partial charge in [0.05, 0.1) is 4.47 Å². The molecule has 0 N–H and O–H groups in total. The van der Waals surface area contributed by atoms with Crippen LogP contribution in [0.1, 0.15) is 36.7 Å². The third-order valence-corrected chi connectivity index (χ3v) is 3.45. The van der Waals surface area contributed by atoms with Crippen molar-refractivity contribution in [1.82, 2.24) is 4.98 Å². The van der Waals surface area contributed by atoms with Gasteiger partial charge in [0, 0.05) is 11.8 Å². The molecule has 4 heteroatoms. The zero-order valence-corrected chi connectivity index (χ0v) is 13.3. The van der Waals surface area contributed by atoms with Crippen molar-refractivity contribution in [3.63, 3.8) is 0 Å². The van der Waals surface area contributed by atoms with Gasteiger partial charge in [-0.25, -0.2) is 4.98 Å². The second kappa shape index (κ2) is 5.75. The van der Waals surface area contributed by atoms with Crippen molar-refractivity contribution < 1.29 is 9.53 Å². The van der Waals surface area contributed by atoms with Crippen molar-refractivity contribution >= 4 is 22.2 Å². The zero-order valence-electron chi connectivity index (χ0n) is 11.7. The van der Waals surface area contributed by atoms with E-state index in [1.807, 2.05) is 18.2 Å². The van der Waals surface area contributed by atoms with E-state index in [-0.39, 0.29) is 5.41 Å². The van der Waals surface area contributed by atoms with E-state index >= 15 is 0 Å². The molecule has 0 amide bonds. The van der Waals surface area contributed by atoms with Gasteiger partial charge >= 0.3 is 0 Å². The minimum atomic E-state index is 0.0609. The Morgan fingerprint density at radius 3 is 2.60 bits per heavy atom. The van der Waals surface area contributed by atoms with Crippen LogP contribution in [0.5, 0.6) is 11.6 Å². The Morgan fingerprint density at radius 1 is 1.25 bits per heavy atom. The molecule has 1 aromatic heterocycles. The Labute approximate surface area is 127 Å². The first-order valence-electron chi connectivity index (χ1n) is 6.29. The third kappa shape index (κ3) is 3.45. The summed E-state index contributed by atoms with van der Waals surface area (Å²) in [6.45, 7) is 6.46. The van der Waals surface area contributed by atoms with E-state index in [0.717, 1.165) is 12.0 Å². The maximum absolute atomic E-state index is 10.7. The molecule has 0 radical (unpaired) electrons. The monoisotopic (exact) mass is 333 g/mol. The highest BCUT2D eigenvalue weighted by atomic mass is 79.9. The average Bonchev–Trinajstić information content (AvgIpc) is 2.40. The summed E-state index contributed by atoms with van der Waals surface area (Å²) in [6.07, 6.45) is 2.24. The third-order valence-electron chi connectivity index (χ3n) is 2.88. The van der Waals surface area contributed by atoms with Gasteiger partial charge in [0.15, 0.2) is 6.29 Å². The molecule has 104 valence electrons. The van der Waals surface area contributed by atoms with Crippen molar-refractivity contribution in [2.24, 2.45) is 0 Å².